The maximum atomic E-state index is 14.0. The molecular formula is C30H44N5O4S2+. The summed E-state index contributed by atoms with van der Waals surface area (Å²) < 4.78 is 11.1. The third kappa shape index (κ3) is 7.49. The summed E-state index contributed by atoms with van der Waals surface area (Å²) in [7, 11) is 1.72. The van der Waals surface area contributed by atoms with Gasteiger partial charge in [-0.2, -0.15) is 9.54 Å². The van der Waals surface area contributed by atoms with Crippen LogP contribution >= 0.6 is 11.3 Å². The molecule has 1 aromatic heterocycles. The van der Waals surface area contributed by atoms with E-state index in [0.717, 1.165) is 37.7 Å². The number of nitrogens with zero attached hydrogens (tertiary/aromatic N) is 2. The minimum Gasteiger partial charge on any atom is -0.343 e. The molecule has 0 radical (unpaired) electrons. The molecule has 41 heavy (non-hydrogen) atoms. The lowest BCUT2D eigenvalue weighted by Crippen LogP contribution is -2.57. The fourth-order valence-corrected chi connectivity index (χ4v) is 8.20. The third-order valence-electron chi connectivity index (χ3n) is 7.99. The fraction of sp³-hybridized carbons (Fsp3) is 0.600. The number of likely N-dealkylation sites (N-methyl/N-ethyl adjacent to an activating group) is 1. The predicted octanol–water partition coefficient (Wildman–Crippen LogP) is 4.66. The van der Waals surface area contributed by atoms with E-state index in [1.807, 2.05) is 51.1 Å². The van der Waals surface area contributed by atoms with Gasteiger partial charge in [0.1, 0.15) is 22.8 Å². The van der Waals surface area contributed by atoms with E-state index in [4.69, 9.17) is 4.98 Å². The quantitative estimate of drug-likeness (QED) is 0.310. The van der Waals surface area contributed by atoms with Gasteiger partial charge in [0.15, 0.2) is 4.75 Å². The van der Waals surface area contributed by atoms with Gasteiger partial charge in [-0.25, -0.2) is 0 Å². The van der Waals surface area contributed by atoms with Crippen LogP contribution in [-0.2, 0) is 25.6 Å². The fourth-order valence-electron chi connectivity index (χ4n) is 5.46. The number of hydrogen-bond acceptors (Lipinski definition) is 7. The van der Waals surface area contributed by atoms with Gasteiger partial charge in [0, 0.05) is 12.1 Å². The van der Waals surface area contributed by atoms with Crippen molar-refractivity contribution in [1.29, 1.82) is 0 Å². The second-order valence-electron chi connectivity index (χ2n) is 12.0. The number of thiazole rings is 1. The zero-order valence-corrected chi connectivity index (χ0v) is 26.4. The molecule has 1 saturated carbocycles. The van der Waals surface area contributed by atoms with Crippen LogP contribution in [0.3, 0.4) is 0 Å². The number of likely N-dealkylation sites (tertiary alicyclic amines) is 1. The second-order valence-corrected chi connectivity index (χ2v) is 15.4. The van der Waals surface area contributed by atoms with Gasteiger partial charge in [0.2, 0.25) is 28.9 Å². The average Bonchev–Trinajstić information content (AvgIpc) is 3.63. The van der Waals surface area contributed by atoms with Crippen molar-refractivity contribution in [2.24, 2.45) is 5.92 Å². The summed E-state index contributed by atoms with van der Waals surface area (Å²) in [6, 6.07) is 7.88. The van der Waals surface area contributed by atoms with Crippen molar-refractivity contribution in [3.05, 3.63) is 30.3 Å². The van der Waals surface area contributed by atoms with Gasteiger partial charge < -0.3 is 20.9 Å². The number of nitrogens with one attached hydrogen (secondary N) is 3. The van der Waals surface area contributed by atoms with Gasteiger partial charge in [-0.3, -0.25) is 14.4 Å². The number of hydrogen-bond donors (Lipinski definition) is 4. The molecule has 4 rings (SSSR count). The van der Waals surface area contributed by atoms with Gasteiger partial charge in [-0.05, 0) is 77.7 Å². The van der Waals surface area contributed by atoms with E-state index < -0.39 is 34.0 Å². The lowest BCUT2D eigenvalue weighted by Gasteiger charge is -2.35. The minimum absolute atomic E-state index is 0.0576. The number of aromatic nitrogens is 1. The maximum Gasteiger partial charge on any atom is 0.341 e. The van der Waals surface area contributed by atoms with Gasteiger partial charge >= 0.3 is 4.34 Å². The standard InChI is InChI=1S/C30H43N5O4S2/c1-19(31-5)25(36)32-24(21-15-10-7-11-16-21)28(38)35-18-12-17-22(35)26(37)34-27-23(20-13-8-6-9-14-20)33-29(40-27)41(39)30(2,3)4/h6,8-9,13-14,19,21-22,24,31,39H,7,10-12,15-18H2,1-5H3,(H-,32,34,36,37)/p+1/t19-,22-,24-,41?/m0/s1. The first-order valence-electron chi connectivity index (χ1n) is 14.6. The summed E-state index contributed by atoms with van der Waals surface area (Å²) in [5.41, 5.74) is 1.45. The second kappa shape index (κ2) is 13.7. The van der Waals surface area contributed by atoms with Crippen LogP contribution in [-0.4, -0.2) is 68.6 Å². The van der Waals surface area contributed by atoms with Crippen LogP contribution < -0.4 is 16.0 Å². The molecule has 4 atom stereocenters. The van der Waals surface area contributed by atoms with E-state index >= 15 is 0 Å². The van der Waals surface area contributed by atoms with Gasteiger partial charge in [-0.1, -0.05) is 49.6 Å². The van der Waals surface area contributed by atoms with Gasteiger partial charge in [-0.15, -0.1) is 0 Å². The Labute approximate surface area is 250 Å². The molecule has 1 saturated heterocycles. The monoisotopic (exact) mass is 602 g/mol. The highest BCUT2D eigenvalue weighted by Crippen LogP contribution is 2.39. The Hall–Kier alpha value is -2.47. The highest BCUT2D eigenvalue weighted by Gasteiger charge is 2.43. The summed E-state index contributed by atoms with van der Waals surface area (Å²) in [5, 5.41) is 9.60. The predicted molar refractivity (Wildman–Crippen MR) is 166 cm³/mol. The third-order valence-corrected chi connectivity index (χ3v) is 11.1. The molecule has 4 N–H and O–H groups in total. The summed E-state index contributed by atoms with van der Waals surface area (Å²) in [6.45, 7) is 8.12. The SMILES string of the molecule is CN[C@@H](C)C(=O)N[C@H](C(=O)N1CCC[C@H]1C(=O)Nc1sc([S+](O)C(C)(C)C)nc1-c1ccccc1)C1CCCCC1. The first kappa shape index (κ1) is 31.5. The Balaban J connectivity index is 1.58. The Bertz CT molecular complexity index is 1210. The van der Waals surface area contributed by atoms with E-state index in [1.54, 1.807) is 18.9 Å². The van der Waals surface area contributed by atoms with Crippen LogP contribution in [0, 0.1) is 5.92 Å². The van der Waals surface area contributed by atoms with Crippen molar-refractivity contribution in [2.45, 2.75) is 99.9 Å². The van der Waals surface area contributed by atoms with Crippen LogP contribution in [0.15, 0.2) is 34.7 Å². The molecular weight excluding hydrogens is 558 g/mol. The molecule has 2 heterocycles. The van der Waals surface area contributed by atoms with Crippen LogP contribution in [0.1, 0.15) is 72.6 Å². The van der Waals surface area contributed by atoms with Crippen molar-refractivity contribution < 1.29 is 18.9 Å². The number of rotatable bonds is 9. The highest BCUT2D eigenvalue weighted by molar-refractivity contribution is 7.94. The van der Waals surface area contributed by atoms with Crippen LogP contribution in [0.5, 0.6) is 0 Å². The first-order chi connectivity index (χ1) is 19.5. The summed E-state index contributed by atoms with van der Waals surface area (Å²) in [6.07, 6.45) is 6.24. The molecule has 3 amide bonds. The molecule has 224 valence electrons. The Kier molecular flexibility index (Phi) is 10.5. The molecule has 2 aliphatic rings. The normalized spacial score (nSPS) is 20.3. The molecule has 2 aromatic rings. The summed E-state index contributed by atoms with van der Waals surface area (Å²) in [5.74, 6) is -0.597. The summed E-state index contributed by atoms with van der Waals surface area (Å²) >= 11 is 0.162. The van der Waals surface area contributed by atoms with E-state index in [-0.39, 0.29) is 23.6 Å². The smallest absolute Gasteiger partial charge is 0.341 e. The molecule has 0 bridgehead atoms. The van der Waals surface area contributed by atoms with E-state index in [1.165, 1.54) is 11.3 Å². The largest absolute Gasteiger partial charge is 0.343 e. The number of carbonyl (C=O) groups is 3. The van der Waals surface area contributed by atoms with Gasteiger partial charge in [0.25, 0.3) is 0 Å². The lowest BCUT2D eigenvalue weighted by atomic mass is 9.83. The van der Waals surface area contributed by atoms with Gasteiger partial charge in [0.05, 0.1) is 6.04 Å². The molecule has 1 unspecified atom stereocenters. The van der Waals surface area contributed by atoms with E-state index in [2.05, 4.69) is 16.0 Å². The first-order valence-corrected chi connectivity index (χ1v) is 16.6. The number of anilines is 1. The van der Waals surface area contributed by atoms with Crippen molar-refractivity contribution in [2.75, 3.05) is 18.9 Å². The van der Waals surface area contributed by atoms with Crippen molar-refractivity contribution in [3.63, 3.8) is 0 Å². The molecule has 11 heteroatoms. The van der Waals surface area contributed by atoms with E-state index in [9.17, 15) is 18.9 Å². The zero-order chi connectivity index (χ0) is 29.7. The highest BCUT2D eigenvalue weighted by atomic mass is 32.2. The minimum atomic E-state index is -1.12. The average molecular weight is 603 g/mol. The van der Waals surface area contributed by atoms with Crippen molar-refractivity contribution in [3.8, 4) is 11.3 Å². The Morgan fingerprint density at radius 3 is 2.39 bits per heavy atom. The Morgan fingerprint density at radius 2 is 1.76 bits per heavy atom. The molecule has 9 nitrogen and oxygen atoms in total. The molecule has 0 spiro atoms. The zero-order valence-electron chi connectivity index (χ0n) is 24.7. The Morgan fingerprint density at radius 1 is 1.07 bits per heavy atom. The number of amides is 3. The number of carbonyl (C=O) groups excluding carboxylic acids is 3. The molecule has 1 aliphatic heterocycles. The van der Waals surface area contributed by atoms with Crippen LogP contribution in [0.2, 0.25) is 0 Å². The summed E-state index contributed by atoms with van der Waals surface area (Å²) in [4.78, 5) is 47.1. The van der Waals surface area contributed by atoms with Crippen LogP contribution in [0.25, 0.3) is 11.3 Å². The van der Waals surface area contributed by atoms with Crippen molar-refractivity contribution in [1.82, 2.24) is 20.5 Å². The lowest BCUT2D eigenvalue weighted by molar-refractivity contribution is -0.142. The molecule has 1 aliphatic carbocycles. The van der Waals surface area contributed by atoms with Crippen molar-refractivity contribution >= 4 is 45.2 Å². The van der Waals surface area contributed by atoms with Crippen LogP contribution in [0.4, 0.5) is 5.00 Å². The maximum absolute atomic E-state index is 14.0. The number of benzene rings is 1. The molecule has 1 aromatic carbocycles. The van der Waals surface area contributed by atoms with E-state index in [0.29, 0.717) is 34.4 Å². The topological polar surface area (TPSA) is 124 Å². The molecule has 2 fully saturated rings.